The number of aliphatic hydroxyl groups excluding tert-OH is 2. The molecule has 11 heteroatoms. The van der Waals surface area contributed by atoms with Gasteiger partial charge in [0, 0.05) is 13.2 Å². The van der Waals surface area contributed by atoms with E-state index >= 15 is 0 Å². The molecule has 0 amide bonds. The molecule has 0 aromatic carbocycles. The Morgan fingerprint density at radius 1 is 0.393 bits per heavy atom. The van der Waals surface area contributed by atoms with E-state index in [1.54, 1.807) is 0 Å². The lowest BCUT2D eigenvalue weighted by Gasteiger charge is -2.38. The number of nitrogens with zero attached hydrogens (tertiary/aromatic N) is 2. The van der Waals surface area contributed by atoms with Crippen molar-refractivity contribution in [2.75, 3.05) is 80.8 Å². The highest BCUT2D eigenvalue weighted by molar-refractivity contribution is 6.87. The van der Waals surface area contributed by atoms with Gasteiger partial charge in [-0.15, -0.1) is 0 Å². The Kier molecular flexibility index (Phi) is 36.6. The molecule has 0 saturated carbocycles. The van der Waals surface area contributed by atoms with Crippen LogP contribution in [0.4, 0.5) is 0 Å². The summed E-state index contributed by atoms with van der Waals surface area (Å²) in [6.45, 7) is 24.1. The Bertz CT molecular complexity index is 913. The topological polar surface area (TPSA) is 77.4 Å². The van der Waals surface area contributed by atoms with E-state index in [4.69, 9.17) is 17.7 Å². The van der Waals surface area contributed by atoms with Gasteiger partial charge >= 0.3 is 8.56 Å². The molecule has 0 radical (unpaired) electrons. The van der Waals surface area contributed by atoms with Crippen LogP contribution in [0.15, 0.2) is 0 Å². The van der Waals surface area contributed by atoms with Gasteiger partial charge in [0.15, 0.2) is 16.6 Å². The van der Waals surface area contributed by atoms with Crippen molar-refractivity contribution >= 4 is 25.2 Å². The second kappa shape index (κ2) is 36.5. The quantitative estimate of drug-likeness (QED) is 0.0360. The number of rotatable bonds is 46. The zero-order valence-electron chi connectivity index (χ0n) is 43.5. The third-order valence-electron chi connectivity index (χ3n) is 12.4. The lowest BCUT2D eigenvalue weighted by molar-refractivity contribution is -0.893. The molecule has 0 aliphatic rings. The molecule has 2 atom stereocenters. The third-order valence-corrected chi connectivity index (χ3v) is 23.9. The lowest BCUT2D eigenvalue weighted by atomic mass is 10.1. The molecule has 0 aromatic rings. The highest BCUT2D eigenvalue weighted by Crippen LogP contribution is 2.26. The Morgan fingerprint density at radius 3 is 0.934 bits per heavy atom. The largest absolute Gasteiger partial charge is 0.437 e. The van der Waals surface area contributed by atoms with E-state index in [1.807, 2.05) is 0 Å². The third kappa shape index (κ3) is 41.5. The summed E-state index contributed by atoms with van der Waals surface area (Å²) in [6, 6.07) is 2.05. The molecule has 0 fully saturated rings. The van der Waals surface area contributed by atoms with E-state index in [0.717, 1.165) is 60.1 Å². The summed E-state index contributed by atoms with van der Waals surface area (Å²) in [7, 11) is 2.80. The molecule has 8 nitrogen and oxygen atoms in total. The van der Waals surface area contributed by atoms with Crippen molar-refractivity contribution in [3.8, 4) is 0 Å². The predicted octanol–water partition coefficient (Wildman–Crippen LogP) is 13.2. The minimum Gasteiger partial charge on any atom is -0.437 e. The minimum atomic E-state index is -2.30. The number of aliphatic hydroxyl groups is 2. The fraction of sp³-hybridized carbons (Fsp3) is 1.00. The maximum Gasteiger partial charge on any atom is 0.311 e. The van der Waals surface area contributed by atoms with E-state index in [0.29, 0.717) is 26.4 Å². The molecule has 0 aliphatic carbocycles. The standard InChI is InChI=1S/C50H112N2O6Si3/c1-13-15-17-19-21-23-25-27-29-31-33-35-39-51(3,4)45-49(53)47-55-41-37-43-59(7,8)57-61(11,12)58-60(9,10)44-38-42-56-48-50(54)46-52(5,6)40-36-34-32-30-28-26-24-22-20-18-16-14-2/h49-50,53-54H,13-48H2,1-12H3/q+2. The Balaban J connectivity index is 4.12. The number of hydrogen-bond donors (Lipinski definition) is 2. The number of ether oxygens (including phenoxy) is 2. The summed E-state index contributed by atoms with van der Waals surface area (Å²) < 4.78 is 27.4. The van der Waals surface area contributed by atoms with Crippen LogP contribution in [-0.2, 0) is 17.7 Å². The van der Waals surface area contributed by atoms with Crippen molar-refractivity contribution in [3.63, 3.8) is 0 Å². The average Bonchev–Trinajstić information content (AvgIpc) is 3.14. The number of quaternary nitrogens is 2. The van der Waals surface area contributed by atoms with Crippen molar-refractivity contribution in [2.24, 2.45) is 0 Å². The molecule has 0 saturated heterocycles. The van der Waals surface area contributed by atoms with E-state index in [1.165, 1.54) is 154 Å². The first-order valence-electron chi connectivity index (χ1n) is 26.3. The van der Waals surface area contributed by atoms with Gasteiger partial charge in [0.05, 0.1) is 54.5 Å². The minimum absolute atomic E-state index is 0.408. The normalized spacial score (nSPS) is 14.3. The van der Waals surface area contributed by atoms with Gasteiger partial charge in [0.25, 0.3) is 0 Å². The Morgan fingerprint density at radius 2 is 0.656 bits per heavy atom. The molecule has 2 unspecified atom stereocenters. The van der Waals surface area contributed by atoms with Gasteiger partial charge in [-0.25, -0.2) is 0 Å². The Labute approximate surface area is 385 Å². The van der Waals surface area contributed by atoms with E-state index < -0.39 is 37.4 Å². The maximum atomic E-state index is 10.7. The lowest BCUT2D eigenvalue weighted by Crippen LogP contribution is -2.52. The number of hydrogen-bond acceptors (Lipinski definition) is 6. The van der Waals surface area contributed by atoms with Gasteiger partial charge in [-0.1, -0.05) is 142 Å². The van der Waals surface area contributed by atoms with Gasteiger partial charge in [0.2, 0.25) is 0 Å². The smallest absolute Gasteiger partial charge is 0.311 e. The predicted molar refractivity (Wildman–Crippen MR) is 273 cm³/mol. The Hall–Kier alpha value is 0.331. The van der Waals surface area contributed by atoms with Gasteiger partial charge in [-0.3, -0.25) is 0 Å². The van der Waals surface area contributed by atoms with Crippen LogP contribution < -0.4 is 0 Å². The van der Waals surface area contributed by atoms with Crippen LogP contribution in [0.25, 0.3) is 0 Å². The monoisotopic (exact) mass is 921 g/mol. The van der Waals surface area contributed by atoms with Gasteiger partial charge in [-0.05, 0) is 89.9 Å². The van der Waals surface area contributed by atoms with Crippen LogP contribution in [0, 0.1) is 0 Å². The van der Waals surface area contributed by atoms with Gasteiger partial charge < -0.3 is 36.9 Å². The maximum absolute atomic E-state index is 10.7. The molecule has 0 heterocycles. The zero-order chi connectivity index (χ0) is 45.9. The van der Waals surface area contributed by atoms with Gasteiger partial charge in [-0.2, -0.15) is 0 Å². The molecule has 0 aliphatic heterocycles. The zero-order valence-corrected chi connectivity index (χ0v) is 46.5. The van der Waals surface area contributed by atoms with Crippen LogP contribution in [0.3, 0.4) is 0 Å². The fourth-order valence-corrected chi connectivity index (χ4v) is 23.3. The van der Waals surface area contributed by atoms with Crippen molar-refractivity contribution in [1.82, 2.24) is 0 Å². The first kappa shape index (κ1) is 61.3. The highest BCUT2D eigenvalue weighted by Gasteiger charge is 2.39. The molecule has 61 heavy (non-hydrogen) atoms. The first-order chi connectivity index (χ1) is 28.7. The first-order valence-corrected chi connectivity index (χ1v) is 35.3. The van der Waals surface area contributed by atoms with Crippen LogP contribution in [0.2, 0.25) is 51.4 Å². The fourth-order valence-electron chi connectivity index (χ4n) is 9.28. The van der Waals surface area contributed by atoms with E-state index in [9.17, 15) is 10.2 Å². The second-order valence-electron chi connectivity index (χ2n) is 22.2. The summed E-state index contributed by atoms with van der Waals surface area (Å²) in [5.41, 5.74) is 0. The van der Waals surface area contributed by atoms with Crippen LogP contribution in [-0.4, -0.2) is 137 Å². The molecule has 0 rings (SSSR count). The molecular weight excluding hydrogens is 809 g/mol. The molecule has 0 aromatic heterocycles. The molecule has 368 valence electrons. The molecule has 0 bridgehead atoms. The van der Waals surface area contributed by atoms with E-state index in [-0.39, 0.29) is 0 Å². The summed E-state index contributed by atoms with van der Waals surface area (Å²) in [6.07, 6.45) is 34.0. The van der Waals surface area contributed by atoms with Crippen molar-refractivity contribution in [3.05, 3.63) is 0 Å². The van der Waals surface area contributed by atoms with E-state index in [2.05, 4.69) is 81.3 Å². The van der Waals surface area contributed by atoms with Crippen LogP contribution in [0.5, 0.6) is 0 Å². The second-order valence-corrected chi connectivity index (χ2v) is 34.7. The summed E-state index contributed by atoms with van der Waals surface area (Å²) in [5, 5.41) is 21.5. The number of likely N-dealkylation sites (N-methyl/N-ethyl adjacent to an activating group) is 2. The van der Waals surface area contributed by atoms with Crippen LogP contribution in [0.1, 0.15) is 181 Å². The molecular formula is C50H112N2O6Si3+2. The summed E-state index contributed by atoms with van der Waals surface area (Å²) >= 11 is 0. The van der Waals surface area contributed by atoms with Crippen molar-refractivity contribution in [1.29, 1.82) is 0 Å². The summed E-state index contributed by atoms with van der Waals surface area (Å²) in [4.78, 5) is 0. The van der Waals surface area contributed by atoms with Crippen molar-refractivity contribution < 1.29 is 36.9 Å². The molecule has 2 N–H and O–H groups in total. The SMILES string of the molecule is CCCCCCCCCCCCCC[N+](C)(C)CC(O)COCCC[Si](C)(C)O[Si](C)(C)O[Si](C)(C)CCCOCC(O)C[N+](C)(C)CCCCCCCCCCCCCC. The van der Waals surface area contributed by atoms with Crippen molar-refractivity contribution in [2.45, 2.75) is 244 Å². The van der Waals surface area contributed by atoms with Gasteiger partial charge in [0.1, 0.15) is 25.3 Å². The number of unbranched alkanes of at least 4 members (excludes halogenated alkanes) is 22. The molecule has 0 spiro atoms. The highest BCUT2D eigenvalue weighted by atomic mass is 28.5. The summed E-state index contributed by atoms with van der Waals surface area (Å²) in [5.74, 6) is 0. The van der Waals surface area contributed by atoms with Crippen LogP contribution >= 0.6 is 0 Å². The average molecular weight is 922 g/mol.